The molecule has 7 nitrogen and oxygen atoms in total. The van der Waals surface area contributed by atoms with E-state index in [4.69, 9.17) is 15.1 Å². The number of rotatable bonds is 6. The van der Waals surface area contributed by atoms with Crippen molar-refractivity contribution in [3.63, 3.8) is 0 Å². The second-order valence-corrected chi connectivity index (χ2v) is 8.69. The molecular formula is C22H20F3N3O4S. The van der Waals surface area contributed by atoms with Gasteiger partial charge in [0.2, 0.25) is 0 Å². The second-order valence-electron chi connectivity index (χ2n) is 7.65. The van der Waals surface area contributed by atoms with E-state index in [0.29, 0.717) is 10.6 Å². The van der Waals surface area contributed by atoms with Crippen LogP contribution >= 0.6 is 11.8 Å². The van der Waals surface area contributed by atoms with E-state index in [9.17, 15) is 23.1 Å². The zero-order valence-corrected chi connectivity index (χ0v) is 18.4. The van der Waals surface area contributed by atoms with Gasteiger partial charge in [-0.1, -0.05) is 11.8 Å². The van der Waals surface area contributed by atoms with Gasteiger partial charge in [-0.2, -0.15) is 18.4 Å². The van der Waals surface area contributed by atoms with Gasteiger partial charge in [0.25, 0.3) is 5.91 Å². The molecule has 11 heteroatoms. The Kier molecular flexibility index (Phi) is 7.02. The molecule has 1 atom stereocenters. The fourth-order valence-corrected chi connectivity index (χ4v) is 3.99. The van der Waals surface area contributed by atoms with Crippen LogP contribution in [0.4, 0.5) is 18.9 Å². The number of hydrogen-bond donors (Lipinski definition) is 2. The molecule has 0 aliphatic carbocycles. The second kappa shape index (κ2) is 9.43. The van der Waals surface area contributed by atoms with Crippen molar-refractivity contribution >= 4 is 28.5 Å². The third-order valence-corrected chi connectivity index (χ3v) is 5.63. The van der Waals surface area contributed by atoms with Crippen LogP contribution in [-0.4, -0.2) is 46.1 Å². The molecule has 2 aromatic carbocycles. The van der Waals surface area contributed by atoms with E-state index >= 15 is 0 Å². The van der Waals surface area contributed by atoms with Crippen LogP contribution in [0.25, 0.3) is 0 Å². The molecule has 33 heavy (non-hydrogen) atoms. The van der Waals surface area contributed by atoms with Crippen molar-refractivity contribution < 1.29 is 32.9 Å². The Morgan fingerprint density at radius 3 is 2.48 bits per heavy atom. The van der Waals surface area contributed by atoms with Gasteiger partial charge >= 0.3 is 6.18 Å². The van der Waals surface area contributed by atoms with Crippen LogP contribution in [0, 0.1) is 11.3 Å². The van der Waals surface area contributed by atoms with Crippen LogP contribution in [0.1, 0.15) is 25.0 Å². The van der Waals surface area contributed by atoms with Gasteiger partial charge in [-0.15, -0.1) is 0 Å². The molecule has 0 radical (unpaired) electrons. The van der Waals surface area contributed by atoms with Gasteiger partial charge in [-0.05, 0) is 56.3 Å². The lowest BCUT2D eigenvalue weighted by atomic mass is 10.0. The summed E-state index contributed by atoms with van der Waals surface area (Å²) in [5, 5.41) is 27.4. The number of benzene rings is 2. The van der Waals surface area contributed by atoms with Crippen molar-refractivity contribution in [2.75, 3.05) is 18.1 Å². The highest BCUT2D eigenvalue weighted by Gasteiger charge is 2.43. The fourth-order valence-electron chi connectivity index (χ4n) is 2.95. The number of nitriles is 1. The molecule has 0 unspecified atom stereocenters. The first-order valence-electron chi connectivity index (χ1n) is 9.71. The van der Waals surface area contributed by atoms with Crippen LogP contribution in [-0.2, 0) is 11.0 Å². The number of aliphatic hydroxyl groups excluding tert-OH is 2. The largest absolute Gasteiger partial charge is 0.491 e. The maximum atomic E-state index is 13.4. The van der Waals surface area contributed by atoms with Gasteiger partial charge in [0.15, 0.2) is 5.17 Å². The zero-order chi connectivity index (χ0) is 24.4. The van der Waals surface area contributed by atoms with Crippen molar-refractivity contribution in [1.29, 1.82) is 5.26 Å². The first kappa shape index (κ1) is 24.6. The first-order chi connectivity index (χ1) is 15.5. The molecule has 0 aromatic heterocycles. The van der Waals surface area contributed by atoms with E-state index < -0.39 is 41.5 Å². The molecule has 3 rings (SSSR count). The smallest absolute Gasteiger partial charge is 0.417 e. The molecule has 0 fully saturated rings. The third-order valence-electron chi connectivity index (χ3n) is 4.67. The number of aliphatic imine (C=N–C) groups is 1. The van der Waals surface area contributed by atoms with Gasteiger partial charge in [0.05, 0.1) is 29.5 Å². The molecule has 0 bridgehead atoms. The Morgan fingerprint density at radius 2 is 1.91 bits per heavy atom. The highest BCUT2D eigenvalue weighted by Crippen LogP contribution is 2.39. The first-order valence-corrected chi connectivity index (χ1v) is 10.5. The van der Waals surface area contributed by atoms with Crippen molar-refractivity contribution in [3.8, 4) is 11.8 Å². The minimum Gasteiger partial charge on any atom is -0.491 e. The summed E-state index contributed by atoms with van der Waals surface area (Å²) in [6, 6.07) is 11.2. The molecule has 0 spiro atoms. The van der Waals surface area contributed by atoms with Crippen LogP contribution in [0.2, 0.25) is 0 Å². The molecule has 1 amide bonds. The number of amidine groups is 1. The third kappa shape index (κ3) is 5.47. The highest BCUT2D eigenvalue weighted by atomic mass is 32.2. The summed E-state index contributed by atoms with van der Waals surface area (Å²) in [5.41, 5.74) is -2.89. The Hall–Kier alpha value is -3.07. The fraction of sp³-hybridized carbons (Fsp3) is 0.318. The SMILES string of the molecule is CC1(C)N=C(Sc2ccc(OC[C@@H](O)CO)cc2)N(c2ccc(C#N)c(C(F)(F)F)c2)C1=O. The number of aliphatic hydroxyl groups is 2. The molecule has 2 aromatic rings. The maximum Gasteiger partial charge on any atom is 0.417 e. The zero-order valence-electron chi connectivity index (χ0n) is 17.6. The predicted molar refractivity (Wildman–Crippen MR) is 116 cm³/mol. The Labute approximate surface area is 192 Å². The molecule has 1 heterocycles. The van der Waals surface area contributed by atoms with Gasteiger partial charge < -0.3 is 14.9 Å². The molecule has 0 saturated heterocycles. The minimum atomic E-state index is -4.76. The molecule has 2 N–H and O–H groups in total. The number of carbonyl (C=O) groups excluding carboxylic acids is 1. The lowest BCUT2D eigenvalue weighted by Crippen LogP contribution is -2.38. The standard InChI is InChI=1S/C22H20F3N3O4S/c1-21(2)19(31)28(14-4-3-13(10-26)18(9-14)22(23,24)25)20(27-21)33-17-7-5-16(6-8-17)32-12-15(30)11-29/h3-9,15,29-30H,11-12H2,1-2H3/t15-/m0/s1. The van der Waals surface area contributed by atoms with E-state index in [1.165, 1.54) is 12.1 Å². The van der Waals surface area contributed by atoms with E-state index in [1.807, 2.05) is 0 Å². The number of thioether (sulfide) groups is 1. The molecule has 0 saturated carbocycles. The quantitative estimate of drug-likeness (QED) is 0.656. The number of halogens is 3. The summed E-state index contributed by atoms with van der Waals surface area (Å²) in [6.07, 6.45) is -5.77. The number of alkyl halides is 3. The van der Waals surface area contributed by atoms with Crippen LogP contribution in [0.15, 0.2) is 52.4 Å². The Bertz CT molecular complexity index is 1110. The Balaban J connectivity index is 1.89. The van der Waals surface area contributed by atoms with Crippen molar-refractivity contribution in [3.05, 3.63) is 53.6 Å². The van der Waals surface area contributed by atoms with Crippen molar-refractivity contribution in [2.24, 2.45) is 4.99 Å². The molecular weight excluding hydrogens is 459 g/mol. The van der Waals surface area contributed by atoms with Gasteiger partial charge in [-0.3, -0.25) is 9.69 Å². The summed E-state index contributed by atoms with van der Waals surface area (Å²) in [6.45, 7) is 2.60. The van der Waals surface area contributed by atoms with Crippen molar-refractivity contribution in [1.82, 2.24) is 0 Å². The van der Waals surface area contributed by atoms with Gasteiger partial charge in [0, 0.05) is 4.90 Å². The van der Waals surface area contributed by atoms with Gasteiger partial charge in [-0.25, -0.2) is 4.99 Å². The lowest BCUT2D eigenvalue weighted by molar-refractivity contribution is -0.137. The maximum absolute atomic E-state index is 13.4. The van der Waals surface area contributed by atoms with Crippen LogP contribution in [0.3, 0.4) is 0 Å². The number of hydrogen-bond acceptors (Lipinski definition) is 7. The minimum absolute atomic E-state index is 0.0407. The summed E-state index contributed by atoms with van der Waals surface area (Å²) in [4.78, 5) is 19.1. The van der Waals surface area contributed by atoms with E-state index in [0.717, 1.165) is 28.8 Å². The van der Waals surface area contributed by atoms with E-state index in [1.54, 1.807) is 38.1 Å². The summed E-state index contributed by atoms with van der Waals surface area (Å²) < 4.78 is 45.7. The van der Waals surface area contributed by atoms with E-state index in [2.05, 4.69) is 4.99 Å². The summed E-state index contributed by atoms with van der Waals surface area (Å²) >= 11 is 1.08. The molecule has 174 valence electrons. The van der Waals surface area contributed by atoms with Crippen LogP contribution in [0.5, 0.6) is 5.75 Å². The normalized spacial score (nSPS) is 16.4. The average Bonchev–Trinajstić information content (AvgIpc) is 2.99. The topological polar surface area (TPSA) is 106 Å². The van der Waals surface area contributed by atoms with E-state index in [-0.39, 0.29) is 17.5 Å². The van der Waals surface area contributed by atoms with Crippen LogP contribution < -0.4 is 9.64 Å². The number of nitrogens with zero attached hydrogens (tertiary/aromatic N) is 3. The summed E-state index contributed by atoms with van der Waals surface area (Å²) in [5.74, 6) is -0.0591. The molecule has 1 aliphatic rings. The van der Waals surface area contributed by atoms with Gasteiger partial charge in [0.1, 0.15) is 24.0 Å². The summed E-state index contributed by atoms with van der Waals surface area (Å²) in [7, 11) is 0. The number of ether oxygens (including phenoxy) is 1. The predicted octanol–water partition coefficient (Wildman–Crippen LogP) is 3.58. The van der Waals surface area contributed by atoms with Crippen molar-refractivity contribution in [2.45, 2.75) is 36.6 Å². The lowest BCUT2D eigenvalue weighted by Gasteiger charge is -2.22. The monoisotopic (exact) mass is 479 g/mol. The number of anilines is 1. The number of carbonyl (C=O) groups is 1. The number of amides is 1. The highest BCUT2D eigenvalue weighted by molar-refractivity contribution is 8.14. The Morgan fingerprint density at radius 1 is 1.24 bits per heavy atom. The average molecular weight is 479 g/mol. The molecule has 1 aliphatic heterocycles.